The van der Waals surface area contributed by atoms with Crippen LogP contribution in [0.25, 0.3) is 0 Å². The van der Waals surface area contributed by atoms with Crippen LogP contribution in [0.2, 0.25) is 0 Å². The van der Waals surface area contributed by atoms with Gasteiger partial charge < -0.3 is 5.11 Å². The summed E-state index contributed by atoms with van der Waals surface area (Å²) in [5, 5.41) is 10.9. The van der Waals surface area contributed by atoms with Gasteiger partial charge in [0.25, 0.3) is 0 Å². The number of rotatable bonds is 3. The predicted octanol–water partition coefficient (Wildman–Crippen LogP) is 4.21. The fraction of sp³-hybridized carbons (Fsp3) is 0.333. The Labute approximate surface area is 119 Å². The summed E-state index contributed by atoms with van der Waals surface area (Å²) in [5.41, 5.74) is 3.53. The number of aliphatic hydroxyl groups excluding tert-OH is 1. The molecule has 1 aliphatic rings. The van der Waals surface area contributed by atoms with Gasteiger partial charge in [-0.2, -0.15) is 0 Å². The monoisotopic (exact) mass is 270 g/mol. The molecule has 1 aliphatic carbocycles. The first-order valence-corrected chi connectivity index (χ1v) is 7.05. The van der Waals surface area contributed by atoms with Gasteiger partial charge in [-0.1, -0.05) is 30.3 Å². The Morgan fingerprint density at radius 2 is 1.60 bits per heavy atom. The molecule has 2 aromatic rings. The highest BCUT2D eigenvalue weighted by Crippen LogP contribution is 2.57. The van der Waals surface area contributed by atoms with Crippen LogP contribution in [0.3, 0.4) is 0 Å². The average molecular weight is 270 g/mol. The molecule has 1 saturated carbocycles. The predicted molar refractivity (Wildman–Crippen MR) is 78.2 cm³/mol. The summed E-state index contributed by atoms with van der Waals surface area (Å²) in [5.74, 6) is -0.236. The summed E-state index contributed by atoms with van der Waals surface area (Å²) in [4.78, 5) is 0. The van der Waals surface area contributed by atoms with E-state index in [0.717, 1.165) is 29.5 Å². The van der Waals surface area contributed by atoms with E-state index in [9.17, 15) is 9.50 Å². The van der Waals surface area contributed by atoms with Gasteiger partial charge >= 0.3 is 0 Å². The van der Waals surface area contributed by atoms with Gasteiger partial charge in [0.15, 0.2) is 0 Å². The summed E-state index contributed by atoms with van der Waals surface area (Å²) in [6.45, 7) is 3.74. The topological polar surface area (TPSA) is 20.2 Å². The number of hydrogen-bond donors (Lipinski definition) is 1. The van der Waals surface area contributed by atoms with E-state index in [1.54, 1.807) is 0 Å². The van der Waals surface area contributed by atoms with E-state index in [4.69, 9.17) is 0 Å². The molecule has 1 nitrogen and oxygen atoms in total. The molecule has 0 saturated heterocycles. The minimum Gasteiger partial charge on any atom is -0.387 e. The molecule has 3 rings (SSSR count). The molecule has 1 atom stereocenters. The molecule has 1 fully saturated rings. The Bertz CT molecular complexity index is 606. The van der Waals surface area contributed by atoms with Gasteiger partial charge in [-0.15, -0.1) is 0 Å². The molecule has 0 heterocycles. The van der Waals surface area contributed by atoms with Gasteiger partial charge in [0.1, 0.15) is 5.82 Å². The van der Waals surface area contributed by atoms with Crippen molar-refractivity contribution in [2.75, 3.05) is 0 Å². The van der Waals surface area contributed by atoms with E-state index in [1.807, 2.05) is 32.0 Å². The highest BCUT2D eigenvalue weighted by atomic mass is 19.1. The van der Waals surface area contributed by atoms with Crippen molar-refractivity contribution < 1.29 is 9.50 Å². The Hall–Kier alpha value is -1.67. The van der Waals surface area contributed by atoms with Crippen LogP contribution < -0.4 is 0 Å². The molecule has 0 bridgehead atoms. The molecule has 1 N–H and O–H groups in total. The second-order valence-corrected chi connectivity index (χ2v) is 5.88. The van der Waals surface area contributed by atoms with Crippen LogP contribution in [0.5, 0.6) is 0 Å². The normalized spacial score (nSPS) is 17.8. The summed E-state index contributed by atoms with van der Waals surface area (Å²) in [7, 11) is 0. The van der Waals surface area contributed by atoms with Gasteiger partial charge in [0, 0.05) is 5.41 Å². The maximum Gasteiger partial charge on any atom is 0.123 e. The van der Waals surface area contributed by atoms with Crippen molar-refractivity contribution in [3.8, 4) is 0 Å². The molecule has 0 spiro atoms. The van der Waals surface area contributed by atoms with E-state index in [1.165, 1.54) is 17.7 Å². The minimum absolute atomic E-state index is 0.186. The highest BCUT2D eigenvalue weighted by molar-refractivity contribution is 5.43. The highest BCUT2D eigenvalue weighted by Gasteiger charge is 2.51. The van der Waals surface area contributed by atoms with E-state index in [2.05, 4.69) is 12.1 Å². The molecular weight excluding hydrogens is 251 g/mol. The van der Waals surface area contributed by atoms with E-state index < -0.39 is 6.10 Å². The van der Waals surface area contributed by atoms with Crippen molar-refractivity contribution in [2.24, 2.45) is 0 Å². The third-order valence-electron chi connectivity index (χ3n) is 4.49. The zero-order valence-electron chi connectivity index (χ0n) is 11.9. The number of aryl methyl sites for hydroxylation is 2. The zero-order chi connectivity index (χ0) is 14.3. The van der Waals surface area contributed by atoms with Crippen LogP contribution in [0.4, 0.5) is 4.39 Å². The first-order chi connectivity index (χ1) is 9.54. The molecule has 104 valence electrons. The number of halogens is 1. The lowest BCUT2D eigenvalue weighted by Gasteiger charge is -2.26. The van der Waals surface area contributed by atoms with Crippen molar-refractivity contribution in [3.05, 3.63) is 70.5 Å². The van der Waals surface area contributed by atoms with Crippen molar-refractivity contribution >= 4 is 0 Å². The standard InChI is InChI=1S/C18H19FO/c1-12-10-15(19)11-13(2)16(12)17(20)18(8-9-18)14-6-4-3-5-7-14/h3-7,10-11,17,20H,8-9H2,1-2H3. The Morgan fingerprint density at radius 3 is 2.10 bits per heavy atom. The smallest absolute Gasteiger partial charge is 0.123 e. The van der Waals surface area contributed by atoms with Gasteiger partial charge in [-0.25, -0.2) is 4.39 Å². The summed E-state index contributed by atoms with van der Waals surface area (Å²) in [6, 6.07) is 13.2. The lowest BCUT2D eigenvalue weighted by molar-refractivity contribution is 0.131. The molecule has 0 radical (unpaired) electrons. The fourth-order valence-electron chi connectivity index (χ4n) is 3.25. The van der Waals surface area contributed by atoms with Gasteiger partial charge in [-0.05, 0) is 61.1 Å². The number of benzene rings is 2. The van der Waals surface area contributed by atoms with Crippen LogP contribution >= 0.6 is 0 Å². The maximum atomic E-state index is 13.4. The van der Waals surface area contributed by atoms with E-state index >= 15 is 0 Å². The van der Waals surface area contributed by atoms with Gasteiger partial charge in [0.05, 0.1) is 6.10 Å². The molecule has 0 aliphatic heterocycles. The minimum atomic E-state index is -0.564. The summed E-state index contributed by atoms with van der Waals surface area (Å²) >= 11 is 0. The third-order valence-corrected chi connectivity index (χ3v) is 4.49. The van der Waals surface area contributed by atoms with Crippen LogP contribution in [-0.4, -0.2) is 5.11 Å². The van der Waals surface area contributed by atoms with Crippen LogP contribution in [0, 0.1) is 19.7 Å². The molecule has 0 aromatic heterocycles. The van der Waals surface area contributed by atoms with Gasteiger partial charge in [-0.3, -0.25) is 0 Å². The molecule has 0 amide bonds. The van der Waals surface area contributed by atoms with Gasteiger partial charge in [0.2, 0.25) is 0 Å². The second-order valence-electron chi connectivity index (χ2n) is 5.88. The molecule has 2 aromatic carbocycles. The van der Waals surface area contributed by atoms with Crippen LogP contribution in [0.1, 0.15) is 41.2 Å². The third kappa shape index (κ3) is 2.04. The Morgan fingerprint density at radius 1 is 1.05 bits per heavy atom. The van der Waals surface area contributed by atoms with Crippen molar-refractivity contribution in [1.82, 2.24) is 0 Å². The van der Waals surface area contributed by atoms with Crippen LogP contribution in [-0.2, 0) is 5.41 Å². The number of hydrogen-bond acceptors (Lipinski definition) is 1. The summed E-state index contributed by atoms with van der Waals surface area (Å²) < 4.78 is 13.4. The van der Waals surface area contributed by atoms with Crippen molar-refractivity contribution in [3.63, 3.8) is 0 Å². The molecule has 2 heteroatoms. The molecule has 20 heavy (non-hydrogen) atoms. The quantitative estimate of drug-likeness (QED) is 0.886. The average Bonchev–Trinajstić information content (AvgIpc) is 3.20. The Kier molecular flexibility index (Phi) is 3.14. The molecule has 1 unspecified atom stereocenters. The first kappa shape index (κ1) is 13.3. The van der Waals surface area contributed by atoms with E-state index in [0.29, 0.717) is 0 Å². The maximum absolute atomic E-state index is 13.4. The lowest BCUT2D eigenvalue weighted by Crippen LogP contribution is -2.20. The first-order valence-electron chi connectivity index (χ1n) is 7.05. The Balaban J connectivity index is 2.04. The van der Waals surface area contributed by atoms with E-state index in [-0.39, 0.29) is 11.2 Å². The summed E-state index contributed by atoms with van der Waals surface area (Å²) in [6.07, 6.45) is 1.40. The van der Waals surface area contributed by atoms with Crippen molar-refractivity contribution in [2.45, 2.75) is 38.2 Å². The van der Waals surface area contributed by atoms with Crippen LogP contribution in [0.15, 0.2) is 42.5 Å². The zero-order valence-corrected chi connectivity index (χ0v) is 11.9. The van der Waals surface area contributed by atoms with Crippen molar-refractivity contribution in [1.29, 1.82) is 0 Å². The SMILES string of the molecule is Cc1cc(F)cc(C)c1C(O)C1(c2ccccc2)CC1. The molecular formula is C18H19FO. The second kappa shape index (κ2) is 4.71. The lowest BCUT2D eigenvalue weighted by atomic mass is 9.83. The fourth-order valence-corrected chi connectivity index (χ4v) is 3.25. The number of aliphatic hydroxyl groups is 1. The largest absolute Gasteiger partial charge is 0.387 e.